The highest BCUT2D eigenvalue weighted by Gasteiger charge is 2.68. The van der Waals surface area contributed by atoms with Gasteiger partial charge in [-0.15, -0.1) is 0 Å². The van der Waals surface area contributed by atoms with Crippen LogP contribution in [0.4, 0.5) is 0 Å². The summed E-state index contributed by atoms with van der Waals surface area (Å²) in [5.41, 5.74) is 0.160. The van der Waals surface area contributed by atoms with Gasteiger partial charge in [0.05, 0.1) is 12.2 Å². The Balaban J connectivity index is 1.53. The summed E-state index contributed by atoms with van der Waals surface area (Å²) in [5, 5.41) is 0. The smallest absolute Gasteiger partial charge is 0.117 e. The zero-order chi connectivity index (χ0) is 15.3. The number of rotatable bonds is 0. The van der Waals surface area contributed by atoms with Gasteiger partial charge in [0.1, 0.15) is 11.8 Å². The maximum atomic E-state index is 6.76. The molecule has 3 heteroatoms. The first-order valence-electron chi connectivity index (χ1n) is 9.22. The molecule has 5 aliphatic rings. The van der Waals surface area contributed by atoms with Crippen LogP contribution in [0.2, 0.25) is 0 Å². The van der Waals surface area contributed by atoms with Crippen molar-refractivity contribution in [1.29, 1.82) is 0 Å². The molecule has 0 aromatic carbocycles. The zero-order valence-corrected chi connectivity index (χ0v) is 14.3. The molecule has 0 amide bonds. The molecule has 0 aromatic heterocycles. The van der Waals surface area contributed by atoms with Crippen molar-refractivity contribution in [2.45, 2.75) is 76.5 Å². The van der Waals surface area contributed by atoms with Gasteiger partial charge in [0, 0.05) is 23.9 Å². The van der Waals surface area contributed by atoms with E-state index in [4.69, 9.17) is 9.47 Å². The molecule has 2 bridgehead atoms. The van der Waals surface area contributed by atoms with Crippen LogP contribution in [0.15, 0.2) is 12.2 Å². The molecule has 4 aliphatic heterocycles. The summed E-state index contributed by atoms with van der Waals surface area (Å²) < 4.78 is 13.2. The molecule has 1 saturated carbocycles. The molecule has 5 rings (SSSR count). The number of hydrogen-bond donors (Lipinski definition) is 0. The lowest BCUT2D eigenvalue weighted by Gasteiger charge is -2.56. The van der Waals surface area contributed by atoms with E-state index in [9.17, 15) is 0 Å². The molecule has 0 aromatic rings. The van der Waals surface area contributed by atoms with Gasteiger partial charge >= 0.3 is 0 Å². The van der Waals surface area contributed by atoms with E-state index < -0.39 is 0 Å². The molecule has 3 saturated heterocycles. The Morgan fingerprint density at radius 3 is 2.82 bits per heavy atom. The zero-order valence-electron chi connectivity index (χ0n) is 14.3. The fraction of sp³-hybridized carbons (Fsp3) is 0.895. The van der Waals surface area contributed by atoms with Crippen LogP contribution >= 0.6 is 0 Å². The maximum Gasteiger partial charge on any atom is 0.117 e. The van der Waals surface area contributed by atoms with Crippen molar-refractivity contribution >= 4 is 0 Å². The molecule has 4 fully saturated rings. The van der Waals surface area contributed by atoms with Crippen molar-refractivity contribution in [1.82, 2.24) is 4.90 Å². The summed E-state index contributed by atoms with van der Waals surface area (Å²) in [4.78, 5) is 2.65. The SMILES string of the molecule is C[C@@H]1CC[C@@H]2[C@@H](C1)O[C@H]1[C@@H]3[C@@H](C)[C@H]4C=C[C@@]3(CN1C2(C)C)O4. The first kappa shape index (κ1) is 14.0. The van der Waals surface area contributed by atoms with Crippen LogP contribution in [0.5, 0.6) is 0 Å². The Morgan fingerprint density at radius 2 is 2.00 bits per heavy atom. The van der Waals surface area contributed by atoms with E-state index in [1.807, 2.05) is 0 Å². The highest BCUT2D eigenvalue weighted by molar-refractivity contribution is 5.29. The van der Waals surface area contributed by atoms with Gasteiger partial charge in [-0.1, -0.05) is 32.4 Å². The van der Waals surface area contributed by atoms with Gasteiger partial charge in [-0.05, 0) is 38.5 Å². The molecule has 8 atom stereocenters. The van der Waals surface area contributed by atoms with E-state index in [0.717, 1.165) is 12.5 Å². The highest BCUT2D eigenvalue weighted by atomic mass is 16.6. The van der Waals surface area contributed by atoms with Crippen LogP contribution in [0.25, 0.3) is 0 Å². The summed E-state index contributed by atoms with van der Waals surface area (Å²) in [6.45, 7) is 10.7. The van der Waals surface area contributed by atoms with Crippen LogP contribution in [0.3, 0.4) is 0 Å². The Labute approximate surface area is 134 Å². The van der Waals surface area contributed by atoms with Crippen molar-refractivity contribution in [3.05, 3.63) is 12.2 Å². The molecule has 3 nitrogen and oxygen atoms in total. The summed E-state index contributed by atoms with van der Waals surface area (Å²) in [5.74, 6) is 2.58. The predicted molar refractivity (Wildman–Crippen MR) is 85.3 cm³/mol. The van der Waals surface area contributed by atoms with Gasteiger partial charge in [0.25, 0.3) is 0 Å². The minimum atomic E-state index is -0.0644. The molecule has 0 unspecified atom stereocenters. The molecule has 1 aliphatic carbocycles. The summed E-state index contributed by atoms with van der Waals surface area (Å²) in [7, 11) is 0. The van der Waals surface area contributed by atoms with Crippen LogP contribution in [-0.4, -0.2) is 41.0 Å². The fourth-order valence-electron chi connectivity index (χ4n) is 6.33. The molecular weight excluding hydrogens is 274 g/mol. The fourth-order valence-corrected chi connectivity index (χ4v) is 6.33. The van der Waals surface area contributed by atoms with Crippen molar-refractivity contribution < 1.29 is 9.47 Å². The number of nitrogens with zero attached hydrogens (tertiary/aromatic N) is 1. The van der Waals surface area contributed by atoms with Crippen molar-refractivity contribution in [2.75, 3.05) is 6.54 Å². The van der Waals surface area contributed by atoms with Crippen LogP contribution in [0.1, 0.15) is 47.0 Å². The Bertz CT molecular complexity index is 530. The van der Waals surface area contributed by atoms with Crippen molar-refractivity contribution in [2.24, 2.45) is 23.7 Å². The summed E-state index contributed by atoms with van der Waals surface area (Å²) in [6.07, 6.45) is 9.59. The molecule has 1 spiro atoms. The molecular formula is C19H29NO2. The van der Waals surface area contributed by atoms with E-state index in [0.29, 0.717) is 30.0 Å². The van der Waals surface area contributed by atoms with Crippen LogP contribution < -0.4 is 0 Å². The lowest BCUT2D eigenvalue weighted by molar-refractivity contribution is -0.232. The van der Waals surface area contributed by atoms with E-state index in [-0.39, 0.29) is 17.4 Å². The van der Waals surface area contributed by atoms with Gasteiger partial charge in [-0.3, -0.25) is 4.90 Å². The van der Waals surface area contributed by atoms with Crippen molar-refractivity contribution in [3.8, 4) is 0 Å². The van der Waals surface area contributed by atoms with Gasteiger partial charge < -0.3 is 9.47 Å². The molecule has 0 radical (unpaired) electrons. The Morgan fingerprint density at radius 1 is 1.18 bits per heavy atom. The predicted octanol–water partition coefficient (Wildman–Crippen LogP) is 3.20. The second kappa shape index (κ2) is 4.17. The minimum Gasteiger partial charge on any atom is -0.362 e. The van der Waals surface area contributed by atoms with Crippen LogP contribution in [-0.2, 0) is 9.47 Å². The van der Waals surface area contributed by atoms with E-state index in [2.05, 4.69) is 44.7 Å². The Kier molecular flexibility index (Phi) is 2.66. The quantitative estimate of drug-likeness (QED) is 0.642. The second-order valence-corrected chi connectivity index (χ2v) is 9.15. The van der Waals surface area contributed by atoms with E-state index >= 15 is 0 Å². The summed E-state index contributed by atoms with van der Waals surface area (Å²) >= 11 is 0. The van der Waals surface area contributed by atoms with Gasteiger partial charge in [-0.25, -0.2) is 0 Å². The molecule has 4 heterocycles. The molecule has 22 heavy (non-hydrogen) atoms. The third kappa shape index (κ3) is 1.53. The molecule has 0 N–H and O–H groups in total. The standard InChI is InChI=1S/C19H29NO2/c1-11-5-6-13-15(9-11)21-17-16-12(2)14-7-8-19(16,22-14)10-20(17)18(13,3)4/h7-8,11-17H,5-6,9-10H2,1-4H3/t11-,12+,13-,14-,15-,16+,17+,19+/m1/s1. The maximum absolute atomic E-state index is 6.76. The molecule has 122 valence electrons. The lowest BCUT2D eigenvalue weighted by Crippen LogP contribution is -2.63. The third-order valence-electron chi connectivity index (χ3n) is 7.62. The number of hydrogen-bond acceptors (Lipinski definition) is 3. The second-order valence-electron chi connectivity index (χ2n) is 9.15. The van der Waals surface area contributed by atoms with E-state index in [1.165, 1.54) is 19.3 Å². The number of ether oxygens (including phenoxy) is 2. The minimum absolute atomic E-state index is 0.0644. The normalized spacial score (nSPS) is 58.5. The van der Waals surface area contributed by atoms with Crippen molar-refractivity contribution in [3.63, 3.8) is 0 Å². The van der Waals surface area contributed by atoms with E-state index in [1.54, 1.807) is 0 Å². The first-order valence-corrected chi connectivity index (χ1v) is 9.22. The topological polar surface area (TPSA) is 21.7 Å². The van der Waals surface area contributed by atoms with Gasteiger partial charge in [-0.2, -0.15) is 0 Å². The average molecular weight is 303 g/mol. The monoisotopic (exact) mass is 303 g/mol. The summed E-state index contributed by atoms with van der Waals surface area (Å²) in [6, 6.07) is 0. The Hall–Kier alpha value is -0.380. The number of fused-ring (bicyclic) bond motifs is 4. The lowest BCUT2D eigenvalue weighted by atomic mass is 9.69. The van der Waals surface area contributed by atoms with Gasteiger partial charge in [0.2, 0.25) is 0 Å². The van der Waals surface area contributed by atoms with Gasteiger partial charge in [0.15, 0.2) is 0 Å². The van der Waals surface area contributed by atoms with Crippen LogP contribution in [0, 0.1) is 23.7 Å². The first-order chi connectivity index (χ1) is 10.4. The third-order valence-corrected chi connectivity index (χ3v) is 7.62. The largest absolute Gasteiger partial charge is 0.362 e. The average Bonchev–Trinajstić information content (AvgIpc) is 3.08. The highest BCUT2D eigenvalue weighted by Crippen LogP contribution is 2.59.